The third-order valence-corrected chi connectivity index (χ3v) is 2.99. The van der Waals surface area contributed by atoms with Crippen molar-refractivity contribution in [1.29, 1.82) is 0 Å². The fourth-order valence-electron chi connectivity index (χ4n) is 1.95. The minimum absolute atomic E-state index is 0.814. The first-order valence-corrected chi connectivity index (χ1v) is 6.28. The Morgan fingerprint density at radius 3 is 2.56 bits per heavy atom. The molecule has 2 nitrogen and oxygen atoms in total. The topological polar surface area (TPSA) is 21.3 Å². The van der Waals surface area contributed by atoms with Gasteiger partial charge in [-0.2, -0.15) is 0 Å². The molecule has 0 spiro atoms. The molecule has 0 aliphatic carbocycles. The predicted molar refractivity (Wildman–Crippen MR) is 76.1 cm³/mol. The van der Waals surface area contributed by atoms with Crippen LogP contribution < -0.4 is 10.1 Å². The smallest absolute Gasteiger partial charge is 0.141 e. The summed E-state index contributed by atoms with van der Waals surface area (Å²) in [5.41, 5.74) is 3.69. The van der Waals surface area contributed by atoms with Gasteiger partial charge in [0, 0.05) is 6.54 Å². The second-order valence-corrected chi connectivity index (χ2v) is 4.23. The monoisotopic (exact) mass is 241 g/mol. The van der Waals surface area contributed by atoms with E-state index in [4.69, 9.17) is 4.74 Å². The van der Waals surface area contributed by atoms with Crippen LogP contribution in [0.3, 0.4) is 0 Å². The maximum Gasteiger partial charge on any atom is 0.141 e. The highest BCUT2D eigenvalue weighted by molar-refractivity contribution is 5.56. The van der Waals surface area contributed by atoms with Gasteiger partial charge in [-0.15, -0.1) is 0 Å². The molecule has 0 amide bonds. The van der Waals surface area contributed by atoms with E-state index in [9.17, 15) is 0 Å². The van der Waals surface area contributed by atoms with Crippen molar-refractivity contribution < 1.29 is 4.74 Å². The van der Waals surface area contributed by atoms with Gasteiger partial charge in [-0.25, -0.2) is 0 Å². The summed E-state index contributed by atoms with van der Waals surface area (Å²) in [5.74, 6) is 0.879. The summed E-state index contributed by atoms with van der Waals surface area (Å²) in [6, 6.07) is 16.6. The molecule has 0 saturated heterocycles. The Morgan fingerprint density at radius 1 is 1.00 bits per heavy atom. The van der Waals surface area contributed by atoms with Crippen molar-refractivity contribution >= 4 is 5.69 Å². The van der Waals surface area contributed by atoms with Crippen molar-refractivity contribution in [3.05, 3.63) is 59.7 Å². The van der Waals surface area contributed by atoms with E-state index >= 15 is 0 Å². The number of hydrogen-bond acceptors (Lipinski definition) is 2. The summed E-state index contributed by atoms with van der Waals surface area (Å²) in [6.07, 6.45) is 1.07. The van der Waals surface area contributed by atoms with E-state index < -0.39 is 0 Å². The number of hydrogen-bond donors (Lipinski definition) is 1. The van der Waals surface area contributed by atoms with Crippen LogP contribution in [0.5, 0.6) is 5.75 Å². The van der Waals surface area contributed by atoms with Crippen molar-refractivity contribution in [2.45, 2.75) is 19.9 Å². The quantitative estimate of drug-likeness (QED) is 0.858. The lowest BCUT2D eigenvalue weighted by molar-refractivity contribution is 0.416. The molecule has 18 heavy (non-hydrogen) atoms. The van der Waals surface area contributed by atoms with E-state index in [1.807, 2.05) is 24.3 Å². The molecule has 0 atom stereocenters. The number of para-hydroxylation sites is 2. The van der Waals surface area contributed by atoms with Crippen LogP contribution in [0.4, 0.5) is 5.69 Å². The van der Waals surface area contributed by atoms with Crippen LogP contribution in [-0.4, -0.2) is 7.11 Å². The summed E-state index contributed by atoms with van der Waals surface area (Å²) in [7, 11) is 1.69. The van der Waals surface area contributed by atoms with Gasteiger partial charge in [-0.1, -0.05) is 43.3 Å². The zero-order chi connectivity index (χ0) is 12.8. The highest BCUT2D eigenvalue weighted by Crippen LogP contribution is 2.23. The number of ether oxygens (including phenoxy) is 1. The second-order valence-electron chi connectivity index (χ2n) is 4.23. The first-order valence-electron chi connectivity index (χ1n) is 6.28. The maximum absolute atomic E-state index is 5.32. The lowest BCUT2D eigenvalue weighted by Gasteiger charge is -2.11. The van der Waals surface area contributed by atoms with Crippen molar-refractivity contribution in [3.63, 3.8) is 0 Å². The molecule has 1 N–H and O–H groups in total. The van der Waals surface area contributed by atoms with Gasteiger partial charge >= 0.3 is 0 Å². The zero-order valence-electron chi connectivity index (χ0n) is 10.9. The van der Waals surface area contributed by atoms with E-state index in [-0.39, 0.29) is 0 Å². The van der Waals surface area contributed by atoms with Gasteiger partial charge in [0.25, 0.3) is 0 Å². The number of rotatable bonds is 5. The fourth-order valence-corrected chi connectivity index (χ4v) is 1.95. The molecule has 0 saturated carbocycles. The van der Waals surface area contributed by atoms with Crippen LogP contribution in [0.2, 0.25) is 0 Å². The highest BCUT2D eigenvalue weighted by Gasteiger charge is 2.01. The molecule has 0 aliphatic rings. The Bertz CT molecular complexity index is 508. The molecule has 2 aromatic carbocycles. The summed E-state index contributed by atoms with van der Waals surface area (Å²) in [4.78, 5) is 0. The molecule has 94 valence electrons. The molecule has 0 radical (unpaired) electrons. The Hall–Kier alpha value is -1.96. The zero-order valence-corrected chi connectivity index (χ0v) is 10.9. The van der Waals surface area contributed by atoms with Gasteiger partial charge in [-0.05, 0) is 29.7 Å². The van der Waals surface area contributed by atoms with Crippen LogP contribution in [-0.2, 0) is 13.0 Å². The van der Waals surface area contributed by atoms with Gasteiger partial charge < -0.3 is 10.1 Å². The third kappa shape index (κ3) is 3.04. The maximum atomic E-state index is 5.32. The first kappa shape index (κ1) is 12.5. The van der Waals surface area contributed by atoms with Crippen molar-refractivity contribution in [2.24, 2.45) is 0 Å². The normalized spacial score (nSPS) is 10.1. The average Bonchev–Trinajstić information content (AvgIpc) is 2.45. The molecule has 0 heterocycles. The predicted octanol–water partition coefficient (Wildman–Crippen LogP) is 3.87. The summed E-state index contributed by atoms with van der Waals surface area (Å²) < 4.78 is 5.32. The van der Waals surface area contributed by atoms with Crippen molar-refractivity contribution in [3.8, 4) is 5.75 Å². The van der Waals surface area contributed by atoms with E-state index in [2.05, 4.69) is 36.5 Å². The average molecular weight is 241 g/mol. The second kappa shape index (κ2) is 6.10. The van der Waals surface area contributed by atoms with Gasteiger partial charge in [-0.3, -0.25) is 0 Å². The number of anilines is 1. The van der Waals surface area contributed by atoms with Crippen molar-refractivity contribution in [2.75, 3.05) is 12.4 Å². The minimum atomic E-state index is 0.814. The van der Waals surface area contributed by atoms with Crippen LogP contribution in [0, 0.1) is 0 Å². The molecule has 0 fully saturated rings. The summed E-state index contributed by atoms with van der Waals surface area (Å²) in [5, 5.41) is 3.41. The van der Waals surface area contributed by atoms with Gasteiger partial charge in [0.05, 0.1) is 12.8 Å². The Kier molecular flexibility index (Phi) is 4.24. The number of aryl methyl sites for hydroxylation is 1. The molecule has 2 aromatic rings. The van der Waals surface area contributed by atoms with Crippen LogP contribution in [0.15, 0.2) is 48.5 Å². The Labute approximate surface area is 109 Å². The lowest BCUT2D eigenvalue weighted by atomic mass is 10.1. The third-order valence-electron chi connectivity index (χ3n) is 2.99. The first-order chi connectivity index (χ1) is 8.83. The van der Waals surface area contributed by atoms with E-state index in [1.54, 1.807) is 7.11 Å². The summed E-state index contributed by atoms with van der Waals surface area (Å²) >= 11 is 0. The number of benzene rings is 2. The van der Waals surface area contributed by atoms with Gasteiger partial charge in [0.15, 0.2) is 0 Å². The number of methoxy groups -OCH3 is 1. The molecule has 2 heteroatoms. The largest absolute Gasteiger partial charge is 0.495 e. The molecule has 2 rings (SSSR count). The Balaban J connectivity index is 2.06. The van der Waals surface area contributed by atoms with E-state index in [0.29, 0.717) is 0 Å². The van der Waals surface area contributed by atoms with E-state index in [1.165, 1.54) is 11.1 Å². The molecule has 0 bridgehead atoms. The molecule has 0 unspecified atom stereocenters. The van der Waals surface area contributed by atoms with Crippen molar-refractivity contribution in [1.82, 2.24) is 0 Å². The number of nitrogens with one attached hydrogen (secondary N) is 1. The van der Waals surface area contributed by atoms with Crippen LogP contribution in [0.1, 0.15) is 18.1 Å². The van der Waals surface area contributed by atoms with Crippen LogP contribution >= 0.6 is 0 Å². The molecular weight excluding hydrogens is 222 g/mol. The summed E-state index contributed by atoms with van der Waals surface area (Å²) in [6.45, 7) is 2.99. The van der Waals surface area contributed by atoms with E-state index in [0.717, 1.165) is 24.4 Å². The van der Waals surface area contributed by atoms with Gasteiger partial charge in [0.1, 0.15) is 5.75 Å². The standard InChI is InChI=1S/C16H19NO/c1-3-13-7-6-8-14(11-13)12-17-15-9-4-5-10-16(15)18-2/h4-11,17H,3,12H2,1-2H3. The molecular formula is C16H19NO. The van der Waals surface area contributed by atoms with Crippen LogP contribution in [0.25, 0.3) is 0 Å². The minimum Gasteiger partial charge on any atom is -0.495 e. The SMILES string of the molecule is CCc1cccc(CNc2ccccc2OC)c1. The fraction of sp³-hybridized carbons (Fsp3) is 0.250. The molecule has 0 aromatic heterocycles. The lowest BCUT2D eigenvalue weighted by Crippen LogP contribution is -2.01. The van der Waals surface area contributed by atoms with Gasteiger partial charge in [0.2, 0.25) is 0 Å². The Morgan fingerprint density at radius 2 is 1.78 bits per heavy atom. The highest BCUT2D eigenvalue weighted by atomic mass is 16.5. The molecule has 0 aliphatic heterocycles.